The summed E-state index contributed by atoms with van der Waals surface area (Å²) in [4.78, 5) is 13.7. The van der Waals surface area contributed by atoms with Crippen LogP contribution in [0.25, 0.3) is 6.08 Å². The summed E-state index contributed by atoms with van der Waals surface area (Å²) in [6.07, 6.45) is 5.59. The van der Waals surface area contributed by atoms with Gasteiger partial charge in [0.25, 0.3) is 5.91 Å². The number of rotatable bonds is 3. The molecule has 3 nitrogen and oxygen atoms in total. The molecular formula is C15H19NO2. The molecule has 1 atom stereocenters. The predicted octanol–water partition coefficient (Wildman–Crippen LogP) is 2.07. The highest BCUT2D eigenvalue weighted by Gasteiger charge is 2.21. The number of amides is 1. The minimum Gasteiger partial charge on any atom is -0.379 e. The van der Waals surface area contributed by atoms with Crippen molar-refractivity contribution in [1.29, 1.82) is 0 Å². The van der Waals surface area contributed by atoms with Gasteiger partial charge in [0.1, 0.15) is 0 Å². The first kappa shape index (κ1) is 12.8. The van der Waals surface area contributed by atoms with Crippen molar-refractivity contribution in [2.75, 3.05) is 13.1 Å². The van der Waals surface area contributed by atoms with Crippen LogP contribution in [0.3, 0.4) is 0 Å². The van der Waals surface area contributed by atoms with Gasteiger partial charge >= 0.3 is 0 Å². The maximum atomic E-state index is 11.9. The summed E-state index contributed by atoms with van der Waals surface area (Å²) < 4.78 is 0. The first-order valence-electron chi connectivity index (χ1n) is 6.47. The highest BCUT2D eigenvalue weighted by atomic mass is 16.3. The molecule has 0 bridgehead atoms. The lowest BCUT2D eigenvalue weighted by atomic mass is 10.1. The van der Waals surface area contributed by atoms with Gasteiger partial charge < -0.3 is 10.0 Å². The van der Waals surface area contributed by atoms with Gasteiger partial charge in [-0.15, -0.1) is 0 Å². The van der Waals surface area contributed by atoms with Gasteiger partial charge in [-0.2, -0.15) is 0 Å². The molecule has 2 rings (SSSR count). The number of hydrogen-bond acceptors (Lipinski definition) is 2. The van der Waals surface area contributed by atoms with Gasteiger partial charge in [0, 0.05) is 13.1 Å². The minimum absolute atomic E-state index is 0.179. The van der Waals surface area contributed by atoms with Crippen molar-refractivity contribution in [3.63, 3.8) is 0 Å². The van der Waals surface area contributed by atoms with E-state index in [9.17, 15) is 9.90 Å². The average molecular weight is 245 g/mol. The molecule has 0 saturated carbocycles. The highest BCUT2D eigenvalue weighted by Crippen LogP contribution is 2.11. The molecule has 1 aliphatic heterocycles. The highest BCUT2D eigenvalue weighted by molar-refractivity contribution is 5.83. The van der Waals surface area contributed by atoms with Crippen molar-refractivity contribution in [3.8, 4) is 0 Å². The number of aliphatic hydroxyl groups is 1. The fourth-order valence-corrected chi connectivity index (χ4v) is 2.15. The lowest BCUT2D eigenvalue weighted by Crippen LogP contribution is -2.41. The third-order valence-electron chi connectivity index (χ3n) is 3.19. The van der Waals surface area contributed by atoms with E-state index in [1.165, 1.54) is 6.42 Å². The Kier molecular flexibility index (Phi) is 4.53. The number of likely N-dealkylation sites (tertiary alicyclic amines) is 1. The second kappa shape index (κ2) is 6.36. The Labute approximate surface area is 108 Å². The van der Waals surface area contributed by atoms with Gasteiger partial charge in [-0.05, 0) is 30.9 Å². The Balaban J connectivity index is 1.92. The Morgan fingerprint density at radius 1 is 1.17 bits per heavy atom. The van der Waals surface area contributed by atoms with E-state index in [0.29, 0.717) is 0 Å². The molecule has 1 fully saturated rings. The number of benzene rings is 1. The standard InChI is InChI=1S/C15H19NO2/c17-14(10-9-13-7-3-1-4-8-13)15(18)16-11-5-2-6-12-16/h1,3-4,7-10,14,17H,2,5-6,11-12H2/b10-9+. The van der Waals surface area contributed by atoms with Crippen LogP contribution in [0.15, 0.2) is 36.4 Å². The van der Waals surface area contributed by atoms with E-state index in [4.69, 9.17) is 0 Å². The van der Waals surface area contributed by atoms with Crippen LogP contribution in [0, 0.1) is 0 Å². The molecule has 1 heterocycles. The number of nitrogens with zero attached hydrogens (tertiary/aromatic N) is 1. The average Bonchev–Trinajstić information content (AvgIpc) is 2.46. The number of carbonyl (C=O) groups excluding carboxylic acids is 1. The van der Waals surface area contributed by atoms with Crippen molar-refractivity contribution < 1.29 is 9.90 Å². The summed E-state index contributed by atoms with van der Waals surface area (Å²) in [7, 11) is 0. The number of piperidine rings is 1. The van der Waals surface area contributed by atoms with Gasteiger partial charge in [-0.1, -0.05) is 36.4 Å². The molecule has 1 saturated heterocycles. The van der Waals surface area contributed by atoms with Gasteiger partial charge in [0.2, 0.25) is 0 Å². The molecule has 3 heteroatoms. The van der Waals surface area contributed by atoms with Crippen LogP contribution < -0.4 is 0 Å². The first-order valence-corrected chi connectivity index (χ1v) is 6.47. The molecule has 1 aromatic carbocycles. The van der Waals surface area contributed by atoms with Gasteiger partial charge in [-0.3, -0.25) is 4.79 Å². The zero-order valence-electron chi connectivity index (χ0n) is 10.5. The minimum atomic E-state index is -1.02. The lowest BCUT2D eigenvalue weighted by molar-refractivity contribution is -0.138. The molecule has 1 N–H and O–H groups in total. The summed E-state index contributed by atoms with van der Waals surface area (Å²) in [5.41, 5.74) is 0.989. The van der Waals surface area contributed by atoms with Crippen LogP contribution in [0.4, 0.5) is 0 Å². The SMILES string of the molecule is O=C(C(O)/C=C/c1ccccc1)N1CCCCC1. The van der Waals surface area contributed by atoms with E-state index < -0.39 is 6.10 Å². The second-order valence-corrected chi connectivity index (χ2v) is 4.60. The summed E-state index contributed by atoms with van der Waals surface area (Å²) in [5, 5.41) is 9.85. The Morgan fingerprint density at radius 3 is 2.50 bits per heavy atom. The van der Waals surface area contributed by atoms with E-state index in [-0.39, 0.29) is 5.91 Å². The molecule has 0 aliphatic carbocycles. The predicted molar refractivity (Wildman–Crippen MR) is 71.9 cm³/mol. The zero-order chi connectivity index (χ0) is 12.8. The molecular weight excluding hydrogens is 226 g/mol. The Morgan fingerprint density at radius 2 is 1.83 bits per heavy atom. The third kappa shape index (κ3) is 3.44. The normalized spacial score (nSPS) is 17.9. The molecule has 18 heavy (non-hydrogen) atoms. The quantitative estimate of drug-likeness (QED) is 0.885. The molecule has 96 valence electrons. The van der Waals surface area contributed by atoms with Crippen LogP contribution in [0.2, 0.25) is 0 Å². The van der Waals surface area contributed by atoms with Crippen LogP contribution >= 0.6 is 0 Å². The molecule has 0 spiro atoms. The monoisotopic (exact) mass is 245 g/mol. The third-order valence-corrected chi connectivity index (χ3v) is 3.19. The molecule has 0 radical (unpaired) electrons. The Bertz CT molecular complexity index is 408. The maximum Gasteiger partial charge on any atom is 0.255 e. The second-order valence-electron chi connectivity index (χ2n) is 4.60. The van der Waals surface area contributed by atoms with Crippen LogP contribution in [-0.2, 0) is 4.79 Å². The van der Waals surface area contributed by atoms with E-state index >= 15 is 0 Å². The maximum absolute atomic E-state index is 11.9. The molecule has 1 aliphatic rings. The van der Waals surface area contributed by atoms with Gasteiger partial charge in [0.05, 0.1) is 0 Å². The largest absolute Gasteiger partial charge is 0.379 e. The van der Waals surface area contributed by atoms with E-state index in [1.807, 2.05) is 30.3 Å². The molecule has 0 aromatic heterocycles. The van der Waals surface area contributed by atoms with Crippen molar-refractivity contribution in [3.05, 3.63) is 42.0 Å². The summed E-state index contributed by atoms with van der Waals surface area (Å²) in [6, 6.07) is 9.67. The first-order chi connectivity index (χ1) is 8.77. The fraction of sp³-hybridized carbons (Fsp3) is 0.400. The summed E-state index contributed by atoms with van der Waals surface area (Å²) in [5.74, 6) is -0.179. The number of hydrogen-bond donors (Lipinski definition) is 1. The lowest BCUT2D eigenvalue weighted by Gasteiger charge is -2.27. The fourth-order valence-electron chi connectivity index (χ4n) is 2.15. The molecule has 1 unspecified atom stereocenters. The van der Waals surface area contributed by atoms with Crippen LogP contribution in [0.1, 0.15) is 24.8 Å². The van der Waals surface area contributed by atoms with Crippen LogP contribution in [-0.4, -0.2) is 35.1 Å². The number of carbonyl (C=O) groups is 1. The van der Waals surface area contributed by atoms with E-state index in [2.05, 4.69) is 0 Å². The zero-order valence-corrected chi connectivity index (χ0v) is 10.5. The summed E-state index contributed by atoms with van der Waals surface area (Å²) >= 11 is 0. The van der Waals surface area contributed by atoms with Crippen molar-refractivity contribution in [2.45, 2.75) is 25.4 Å². The Hall–Kier alpha value is -1.61. The van der Waals surface area contributed by atoms with Crippen molar-refractivity contribution >= 4 is 12.0 Å². The van der Waals surface area contributed by atoms with Gasteiger partial charge in [-0.25, -0.2) is 0 Å². The number of aliphatic hydroxyl groups excluding tert-OH is 1. The topological polar surface area (TPSA) is 40.5 Å². The van der Waals surface area contributed by atoms with Crippen LogP contribution in [0.5, 0.6) is 0 Å². The van der Waals surface area contributed by atoms with Gasteiger partial charge in [0.15, 0.2) is 6.10 Å². The van der Waals surface area contributed by atoms with E-state index in [1.54, 1.807) is 17.1 Å². The molecule has 1 aromatic rings. The van der Waals surface area contributed by atoms with Crippen molar-refractivity contribution in [2.24, 2.45) is 0 Å². The van der Waals surface area contributed by atoms with E-state index in [0.717, 1.165) is 31.5 Å². The molecule has 1 amide bonds. The smallest absolute Gasteiger partial charge is 0.255 e. The summed E-state index contributed by atoms with van der Waals surface area (Å²) in [6.45, 7) is 1.55. The van der Waals surface area contributed by atoms with Crippen molar-refractivity contribution in [1.82, 2.24) is 4.90 Å².